The van der Waals surface area contributed by atoms with Crippen LogP contribution < -0.4 is 15.4 Å². The zero-order valence-corrected chi connectivity index (χ0v) is 15.7. The van der Waals surface area contributed by atoms with Gasteiger partial charge in [-0.05, 0) is 50.2 Å². The van der Waals surface area contributed by atoms with Gasteiger partial charge in [0.1, 0.15) is 11.8 Å². The van der Waals surface area contributed by atoms with E-state index in [1.165, 1.54) is 6.20 Å². The van der Waals surface area contributed by atoms with E-state index in [1.54, 1.807) is 61.5 Å². The minimum atomic E-state index is -0.728. The minimum absolute atomic E-state index is 0.166. The molecule has 0 radical (unpaired) electrons. The van der Waals surface area contributed by atoms with Gasteiger partial charge in [-0.15, -0.1) is 0 Å². The van der Waals surface area contributed by atoms with Crippen molar-refractivity contribution in [2.24, 2.45) is 0 Å². The zero-order valence-electron chi connectivity index (χ0n) is 15.7. The number of rotatable bonds is 8. The smallest absolute Gasteiger partial charge is 0.350 e. The third kappa shape index (κ3) is 5.61. The first-order valence-electron chi connectivity index (χ1n) is 8.76. The number of carbonyl (C=O) groups is 2. The summed E-state index contributed by atoms with van der Waals surface area (Å²) >= 11 is 0. The molecule has 0 aromatic heterocycles. The second kappa shape index (κ2) is 10.4. The van der Waals surface area contributed by atoms with E-state index in [0.29, 0.717) is 23.5 Å². The van der Waals surface area contributed by atoms with Crippen LogP contribution in [0.3, 0.4) is 0 Å². The highest BCUT2D eigenvalue weighted by atomic mass is 16.5. The maximum atomic E-state index is 12.6. The number of esters is 1. The lowest BCUT2D eigenvalue weighted by Crippen LogP contribution is -2.14. The lowest BCUT2D eigenvalue weighted by molar-refractivity contribution is -0.138. The van der Waals surface area contributed by atoms with Gasteiger partial charge >= 0.3 is 5.97 Å². The Hall–Kier alpha value is -3.79. The first kappa shape index (κ1) is 20.5. The molecule has 2 aromatic rings. The highest BCUT2D eigenvalue weighted by Gasteiger charge is 2.13. The van der Waals surface area contributed by atoms with Crippen molar-refractivity contribution in [1.29, 1.82) is 5.26 Å². The predicted molar refractivity (Wildman–Crippen MR) is 106 cm³/mol. The van der Waals surface area contributed by atoms with Crippen molar-refractivity contribution >= 4 is 23.3 Å². The van der Waals surface area contributed by atoms with Crippen LogP contribution in [0.25, 0.3) is 0 Å². The number of benzene rings is 2. The largest absolute Gasteiger partial charge is 0.494 e. The Bertz CT molecular complexity index is 899. The van der Waals surface area contributed by atoms with E-state index >= 15 is 0 Å². The van der Waals surface area contributed by atoms with Gasteiger partial charge < -0.3 is 20.1 Å². The van der Waals surface area contributed by atoms with Crippen LogP contribution in [0.1, 0.15) is 24.2 Å². The molecule has 0 spiro atoms. The predicted octanol–water partition coefficient (Wildman–Crippen LogP) is 3.72. The Balaban J connectivity index is 2.15. The second-order valence-corrected chi connectivity index (χ2v) is 5.49. The third-order valence-corrected chi connectivity index (χ3v) is 3.58. The van der Waals surface area contributed by atoms with Gasteiger partial charge in [-0.2, -0.15) is 5.26 Å². The number of hydrogen-bond donors (Lipinski definition) is 2. The first-order valence-corrected chi connectivity index (χ1v) is 8.76. The summed E-state index contributed by atoms with van der Waals surface area (Å²) in [5.74, 6) is -0.347. The number of nitrogens with zero attached hydrogens (tertiary/aromatic N) is 1. The molecule has 0 atom stereocenters. The van der Waals surface area contributed by atoms with Crippen LogP contribution in [0.5, 0.6) is 5.75 Å². The van der Waals surface area contributed by atoms with Gasteiger partial charge in [-0.3, -0.25) is 4.79 Å². The summed E-state index contributed by atoms with van der Waals surface area (Å²) in [4.78, 5) is 24.3. The molecule has 0 saturated heterocycles. The second-order valence-electron chi connectivity index (χ2n) is 5.49. The van der Waals surface area contributed by atoms with Crippen LogP contribution in [-0.2, 0) is 9.53 Å². The molecule has 0 saturated carbocycles. The number of para-hydroxylation sites is 1. The average molecular weight is 379 g/mol. The molecule has 1 amide bonds. The molecule has 28 heavy (non-hydrogen) atoms. The fourth-order valence-corrected chi connectivity index (χ4v) is 2.30. The number of anilines is 2. The highest BCUT2D eigenvalue weighted by Crippen LogP contribution is 2.20. The van der Waals surface area contributed by atoms with Gasteiger partial charge in [-0.1, -0.05) is 12.1 Å². The van der Waals surface area contributed by atoms with E-state index in [0.717, 1.165) is 5.75 Å². The molecular formula is C21H21N3O4. The van der Waals surface area contributed by atoms with E-state index in [2.05, 4.69) is 10.6 Å². The summed E-state index contributed by atoms with van der Waals surface area (Å²) in [7, 11) is 0. The van der Waals surface area contributed by atoms with E-state index in [1.807, 2.05) is 6.92 Å². The SMILES string of the molecule is CCOC(=O)/C(C#N)=C/Nc1ccccc1C(=O)Nc1ccc(OCC)cc1. The molecule has 0 aliphatic carbocycles. The quantitative estimate of drug-likeness (QED) is 0.412. The highest BCUT2D eigenvalue weighted by molar-refractivity contribution is 6.08. The Morgan fingerprint density at radius 1 is 1.07 bits per heavy atom. The Morgan fingerprint density at radius 2 is 1.79 bits per heavy atom. The van der Waals surface area contributed by atoms with Crippen molar-refractivity contribution in [2.45, 2.75) is 13.8 Å². The molecule has 7 heteroatoms. The van der Waals surface area contributed by atoms with E-state index in [4.69, 9.17) is 14.7 Å². The van der Waals surface area contributed by atoms with Crippen molar-refractivity contribution in [3.05, 3.63) is 65.9 Å². The molecule has 0 bridgehead atoms. The molecule has 0 aliphatic rings. The summed E-state index contributed by atoms with van der Waals surface area (Å²) in [6, 6.07) is 15.6. The van der Waals surface area contributed by atoms with Gasteiger partial charge in [0.15, 0.2) is 5.57 Å². The van der Waals surface area contributed by atoms with Gasteiger partial charge in [-0.25, -0.2) is 4.79 Å². The van der Waals surface area contributed by atoms with Crippen molar-refractivity contribution in [3.8, 4) is 11.8 Å². The van der Waals surface area contributed by atoms with Gasteiger partial charge in [0, 0.05) is 11.9 Å². The normalized spacial score (nSPS) is 10.5. The van der Waals surface area contributed by atoms with E-state index < -0.39 is 5.97 Å². The van der Waals surface area contributed by atoms with Gasteiger partial charge in [0.2, 0.25) is 0 Å². The van der Waals surface area contributed by atoms with Crippen LogP contribution in [0.2, 0.25) is 0 Å². The molecule has 2 N–H and O–H groups in total. The molecule has 0 fully saturated rings. The monoisotopic (exact) mass is 379 g/mol. The number of nitrogens with one attached hydrogen (secondary N) is 2. The number of hydrogen-bond acceptors (Lipinski definition) is 6. The summed E-state index contributed by atoms with van der Waals surface area (Å²) in [6.45, 7) is 4.28. The minimum Gasteiger partial charge on any atom is -0.494 e. The number of carbonyl (C=O) groups excluding carboxylic acids is 2. The maximum Gasteiger partial charge on any atom is 0.350 e. The van der Waals surface area contributed by atoms with Crippen molar-refractivity contribution in [2.75, 3.05) is 23.8 Å². The Morgan fingerprint density at radius 3 is 2.43 bits per heavy atom. The number of ether oxygens (including phenoxy) is 2. The molecule has 0 heterocycles. The Labute approximate surface area is 163 Å². The number of amides is 1. The molecule has 144 valence electrons. The van der Waals surface area contributed by atoms with Crippen LogP contribution in [0.4, 0.5) is 11.4 Å². The standard InChI is InChI=1S/C21H21N3O4/c1-3-27-17-11-9-16(10-12-17)24-20(25)18-7-5-6-8-19(18)23-14-15(13-22)21(26)28-4-2/h5-12,14,23H,3-4H2,1-2H3,(H,24,25)/b15-14+. The fourth-order valence-electron chi connectivity index (χ4n) is 2.30. The topological polar surface area (TPSA) is 100 Å². The third-order valence-electron chi connectivity index (χ3n) is 3.58. The van der Waals surface area contributed by atoms with Crippen molar-refractivity contribution in [1.82, 2.24) is 0 Å². The molecule has 2 rings (SSSR count). The number of nitriles is 1. The van der Waals surface area contributed by atoms with E-state index in [-0.39, 0.29) is 18.1 Å². The van der Waals surface area contributed by atoms with Crippen LogP contribution in [0.15, 0.2) is 60.3 Å². The zero-order chi connectivity index (χ0) is 20.4. The van der Waals surface area contributed by atoms with Gasteiger partial charge in [0.25, 0.3) is 5.91 Å². The average Bonchev–Trinajstić information content (AvgIpc) is 2.70. The van der Waals surface area contributed by atoms with E-state index in [9.17, 15) is 9.59 Å². The summed E-state index contributed by atoms with van der Waals surface area (Å²) in [5, 5.41) is 14.7. The summed E-state index contributed by atoms with van der Waals surface area (Å²) in [5.41, 5.74) is 1.23. The molecule has 0 aliphatic heterocycles. The molecular weight excluding hydrogens is 358 g/mol. The fraction of sp³-hybridized carbons (Fsp3) is 0.190. The van der Waals surface area contributed by atoms with Crippen molar-refractivity contribution in [3.63, 3.8) is 0 Å². The maximum absolute atomic E-state index is 12.6. The lowest BCUT2D eigenvalue weighted by Gasteiger charge is -2.11. The molecule has 0 unspecified atom stereocenters. The first-order chi connectivity index (χ1) is 13.6. The van der Waals surface area contributed by atoms with Crippen molar-refractivity contribution < 1.29 is 19.1 Å². The lowest BCUT2D eigenvalue weighted by atomic mass is 10.1. The summed E-state index contributed by atoms with van der Waals surface area (Å²) < 4.78 is 10.2. The van der Waals surface area contributed by atoms with Crippen LogP contribution >= 0.6 is 0 Å². The summed E-state index contributed by atoms with van der Waals surface area (Å²) in [6.07, 6.45) is 1.22. The Kier molecular flexibility index (Phi) is 7.61. The molecule has 2 aromatic carbocycles. The van der Waals surface area contributed by atoms with Crippen LogP contribution in [0, 0.1) is 11.3 Å². The molecule has 7 nitrogen and oxygen atoms in total. The van der Waals surface area contributed by atoms with Crippen LogP contribution in [-0.4, -0.2) is 25.1 Å². The van der Waals surface area contributed by atoms with Gasteiger partial charge in [0.05, 0.1) is 24.5 Å².